The SMILES string of the molecule is CC(C)(C#N)CCCNc1cccc(F)c1F. The summed E-state index contributed by atoms with van der Waals surface area (Å²) < 4.78 is 26.1. The zero-order valence-electron chi connectivity index (χ0n) is 10.1. The molecule has 0 spiro atoms. The zero-order chi connectivity index (χ0) is 12.9. The molecule has 0 atom stereocenters. The van der Waals surface area contributed by atoms with Crippen LogP contribution < -0.4 is 5.32 Å². The highest BCUT2D eigenvalue weighted by molar-refractivity contribution is 5.44. The Morgan fingerprint density at radius 2 is 2.06 bits per heavy atom. The Kier molecular flexibility index (Phi) is 4.45. The van der Waals surface area contributed by atoms with Gasteiger partial charge in [-0.25, -0.2) is 8.78 Å². The van der Waals surface area contributed by atoms with Crippen LogP contribution in [-0.2, 0) is 0 Å². The highest BCUT2D eigenvalue weighted by Gasteiger charge is 2.15. The van der Waals surface area contributed by atoms with Crippen molar-refractivity contribution in [2.24, 2.45) is 5.41 Å². The Morgan fingerprint density at radius 1 is 1.35 bits per heavy atom. The quantitative estimate of drug-likeness (QED) is 0.794. The maximum absolute atomic E-state index is 13.2. The van der Waals surface area contributed by atoms with Crippen molar-refractivity contribution in [3.63, 3.8) is 0 Å². The average molecular weight is 238 g/mol. The maximum atomic E-state index is 13.2. The second-order valence-corrected chi connectivity index (χ2v) is 4.63. The van der Waals surface area contributed by atoms with Crippen LogP contribution in [0, 0.1) is 28.4 Å². The molecule has 0 bridgehead atoms. The van der Waals surface area contributed by atoms with Gasteiger partial charge in [0.15, 0.2) is 11.6 Å². The van der Waals surface area contributed by atoms with Crippen LogP contribution in [0.4, 0.5) is 14.5 Å². The minimum atomic E-state index is -0.855. The molecule has 0 heterocycles. The van der Waals surface area contributed by atoms with Crippen molar-refractivity contribution in [3.05, 3.63) is 29.8 Å². The van der Waals surface area contributed by atoms with E-state index in [0.29, 0.717) is 13.0 Å². The minimum absolute atomic E-state index is 0.166. The fourth-order valence-corrected chi connectivity index (χ4v) is 1.45. The molecule has 1 aromatic rings. The van der Waals surface area contributed by atoms with E-state index in [4.69, 9.17) is 5.26 Å². The summed E-state index contributed by atoms with van der Waals surface area (Å²) in [6.45, 7) is 4.23. The number of benzene rings is 1. The van der Waals surface area contributed by atoms with Gasteiger partial charge >= 0.3 is 0 Å². The number of anilines is 1. The molecule has 1 aromatic carbocycles. The predicted octanol–water partition coefficient (Wildman–Crippen LogP) is 3.71. The number of nitriles is 1. The van der Waals surface area contributed by atoms with E-state index in [1.54, 1.807) is 0 Å². The molecule has 92 valence electrons. The Bertz CT molecular complexity index is 422. The summed E-state index contributed by atoms with van der Waals surface area (Å²) in [5.41, 5.74) is -0.206. The molecule has 0 fully saturated rings. The number of nitrogens with zero attached hydrogens (tertiary/aromatic N) is 1. The summed E-state index contributed by atoms with van der Waals surface area (Å²) in [4.78, 5) is 0. The van der Waals surface area contributed by atoms with Gasteiger partial charge in [0.1, 0.15) is 0 Å². The standard InChI is InChI=1S/C13H16F2N2/c1-13(2,9-16)7-4-8-17-11-6-3-5-10(14)12(11)15/h3,5-6,17H,4,7-8H2,1-2H3. The van der Waals surface area contributed by atoms with Gasteiger partial charge in [0.2, 0.25) is 0 Å². The van der Waals surface area contributed by atoms with Crippen LogP contribution in [0.5, 0.6) is 0 Å². The number of rotatable bonds is 5. The van der Waals surface area contributed by atoms with E-state index in [-0.39, 0.29) is 11.1 Å². The van der Waals surface area contributed by atoms with Gasteiger partial charge < -0.3 is 5.32 Å². The first kappa shape index (κ1) is 13.4. The molecule has 0 aliphatic heterocycles. The molecular weight excluding hydrogens is 222 g/mol. The summed E-state index contributed by atoms with van der Waals surface area (Å²) in [6.07, 6.45) is 1.45. The molecule has 0 unspecified atom stereocenters. The molecule has 0 radical (unpaired) electrons. The molecule has 0 aliphatic carbocycles. The van der Waals surface area contributed by atoms with Gasteiger partial charge in [-0.3, -0.25) is 0 Å². The largest absolute Gasteiger partial charge is 0.383 e. The summed E-state index contributed by atoms with van der Waals surface area (Å²) in [6, 6.07) is 6.23. The lowest BCUT2D eigenvalue weighted by atomic mass is 9.90. The summed E-state index contributed by atoms with van der Waals surface area (Å²) in [5.74, 6) is -1.71. The van der Waals surface area contributed by atoms with E-state index in [1.807, 2.05) is 13.8 Å². The van der Waals surface area contributed by atoms with Crippen molar-refractivity contribution in [2.75, 3.05) is 11.9 Å². The molecule has 2 nitrogen and oxygen atoms in total. The molecule has 1 rings (SSSR count). The predicted molar refractivity (Wildman–Crippen MR) is 63.5 cm³/mol. The van der Waals surface area contributed by atoms with Crippen LogP contribution >= 0.6 is 0 Å². The fraction of sp³-hybridized carbons (Fsp3) is 0.462. The van der Waals surface area contributed by atoms with Crippen molar-refractivity contribution < 1.29 is 8.78 Å². The second-order valence-electron chi connectivity index (χ2n) is 4.63. The fourth-order valence-electron chi connectivity index (χ4n) is 1.45. The number of hydrogen-bond acceptors (Lipinski definition) is 2. The van der Waals surface area contributed by atoms with E-state index in [9.17, 15) is 8.78 Å². The van der Waals surface area contributed by atoms with E-state index < -0.39 is 11.6 Å². The lowest BCUT2D eigenvalue weighted by molar-refractivity contribution is 0.441. The first-order valence-corrected chi connectivity index (χ1v) is 5.55. The monoisotopic (exact) mass is 238 g/mol. The van der Waals surface area contributed by atoms with Gasteiger partial charge in [0.05, 0.1) is 17.2 Å². The number of nitrogens with one attached hydrogen (secondary N) is 1. The molecule has 0 saturated carbocycles. The third-order valence-electron chi connectivity index (χ3n) is 2.55. The third kappa shape index (κ3) is 4.03. The van der Waals surface area contributed by atoms with Crippen LogP contribution in [0.25, 0.3) is 0 Å². The average Bonchev–Trinajstić information content (AvgIpc) is 2.30. The Labute approximate surface area is 100 Å². The molecule has 0 saturated heterocycles. The van der Waals surface area contributed by atoms with Crippen LogP contribution in [-0.4, -0.2) is 6.54 Å². The van der Waals surface area contributed by atoms with Crippen LogP contribution in [0.1, 0.15) is 26.7 Å². The van der Waals surface area contributed by atoms with Gasteiger partial charge in [-0.15, -0.1) is 0 Å². The van der Waals surface area contributed by atoms with Crippen LogP contribution in [0.2, 0.25) is 0 Å². The van der Waals surface area contributed by atoms with Gasteiger partial charge in [0.25, 0.3) is 0 Å². The molecule has 17 heavy (non-hydrogen) atoms. The molecule has 0 amide bonds. The van der Waals surface area contributed by atoms with E-state index in [2.05, 4.69) is 11.4 Å². The maximum Gasteiger partial charge on any atom is 0.181 e. The van der Waals surface area contributed by atoms with E-state index in [1.165, 1.54) is 12.1 Å². The van der Waals surface area contributed by atoms with Crippen molar-refractivity contribution in [2.45, 2.75) is 26.7 Å². The summed E-state index contributed by atoms with van der Waals surface area (Å²) in [7, 11) is 0. The number of halogens is 2. The smallest absolute Gasteiger partial charge is 0.181 e. The highest BCUT2D eigenvalue weighted by atomic mass is 19.2. The minimum Gasteiger partial charge on any atom is -0.383 e. The van der Waals surface area contributed by atoms with Crippen molar-refractivity contribution >= 4 is 5.69 Å². The molecule has 0 aromatic heterocycles. The van der Waals surface area contributed by atoms with Crippen molar-refractivity contribution in [1.29, 1.82) is 5.26 Å². The van der Waals surface area contributed by atoms with E-state index in [0.717, 1.165) is 12.5 Å². The van der Waals surface area contributed by atoms with Crippen molar-refractivity contribution in [3.8, 4) is 6.07 Å². The Balaban J connectivity index is 2.42. The molecule has 4 heteroatoms. The number of hydrogen-bond donors (Lipinski definition) is 1. The van der Waals surface area contributed by atoms with Gasteiger partial charge in [0, 0.05) is 6.54 Å². The van der Waals surface area contributed by atoms with Crippen LogP contribution in [0.3, 0.4) is 0 Å². The highest BCUT2D eigenvalue weighted by Crippen LogP contribution is 2.21. The second kappa shape index (κ2) is 5.62. The molecule has 1 N–H and O–H groups in total. The first-order valence-electron chi connectivity index (χ1n) is 5.55. The van der Waals surface area contributed by atoms with Gasteiger partial charge in [-0.1, -0.05) is 6.07 Å². The lowest BCUT2D eigenvalue weighted by Gasteiger charge is -2.15. The van der Waals surface area contributed by atoms with Crippen LogP contribution in [0.15, 0.2) is 18.2 Å². The van der Waals surface area contributed by atoms with Gasteiger partial charge in [-0.05, 0) is 38.8 Å². The van der Waals surface area contributed by atoms with Crippen molar-refractivity contribution in [1.82, 2.24) is 0 Å². The van der Waals surface area contributed by atoms with Gasteiger partial charge in [-0.2, -0.15) is 5.26 Å². The summed E-state index contributed by atoms with van der Waals surface area (Å²) in [5, 5.41) is 11.6. The van der Waals surface area contributed by atoms with E-state index >= 15 is 0 Å². The lowest BCUT2D eigenvalue weighted by Crippen LogP contribution is -2.11. The first-order chi connectivity index (χ1) is 7.96. The summed E-state index contributed by atoms with van der Waals surface area (Å²) >= 11 is 0. The Morgan fingerprint density at radius 3 is 2.71 bits per heavy atom. The molecular formula is C13H16F2N2. The normalized spacial score (nSPS) is 11.0. The zero-order valence-corrected chi connectivity index (χ0v) is 10.1. The molecule has 0 aliphatic rings. The Hall–Kier alpha value is -1.63. The topological polar surface area (TPSA) is 35.8 Å². The third-order valence-corrected chi connectivity index (χ3v) is 2.55.